The first-order chi connectivity index (χ1) is 13.2. The highest BCUT2D eigenvalue weighted by molar-refractivity contribution is 7.13. The van der Waals surface area contributed by atoms with Crippen LogP contribution in [0.4, 0.5) is 10.8 Å². The predicted octanol–water partition coefficient (Wildman–Crippen LogP) is 2.35. The van der Waals surface area contributed by atoms with Gasteiger partial charge in [0.2, 0.25) is 5.91 Å². The fourth-order valence-corrected chi connectivity index (χ4v) is 4.01. The summed E-state index contributed by atoms with van der Waals surface area (Å²) in [6.07, 6.45) is 1.48. The molecule has 2 fully saturated rings. The normalized spacial score (nSPS) is 18.1. The second-order valence-electron chi connectivity index (χ2n) is 6.68. The summed E-state index contributed by atoms with van der Waals surface area (Å²) in [4.78, 5) is 32.8. The number of ether oxygens (including phenoxy) is 1. The maximum absolute atomic E-state index is 12.5. The van der Waals surface area contributed by atoms with Crippen molar-refractivity contribution in [3.63, 3.8) is 0 Å². The SMILES string of the molecule is O=C(Nc1nc(CN2CCOCC2)cs1)c1ccc(N2CCCC2=O)cc1. The summed E-state index contributed by atoms with van der Waals surface area (Å²) >= 11 is 1.43. The zero-order chi connectivity index (χ0) is 18.6. The van der Waals surface area contributed by atoms with Gasteiger partial charge in [-0.05, 0) is 30.7 Å². The third-order valence-electron chi connectivity index (χ3n) is 4.78. The number of carbonyl (C=O) groups excluding carboxylic acids is 2. The van der Waals surface area contributed by atoms with Gasteiger partial charge >= 0.3 is 0 Å². The van der Waals surface area contributed by atoms with Crippen LogP contribution in [0.25, 0.3) is 0 Å². The summed E-state index contributed by atoms with van der Waals surface area (Å²) in [5, 5.41) is 5.44. The maximum atomic E-state index is 12.5. The summed E-state index contributed by atoms with van der Waals surface area (Å²) in [5.74, 6) is -0.0515. The monoisotopic (exact) mass is 386 g/mol. The topological polar surface area (TPSA) is 74.8 Å². The van der Waals surface area contributed by atoms with Gasteiger partial charge in [0.1, 0.15) is 0 Å². The average Bonchev–Trinajstić information content (AvgIpc) is 3.31. The number of amides is 2. The smallest absolute Gasteiger partial charge is 0.257 e. The minimum absolute atomic E-state index is 0.141. The van der Waals surface area contributed by atoms with Gasteiger partial charge in [-0.3, -0.25) is 19.8 Å². The lowest BCUT2D eigenvalue weighted by Crippen LogP contribution is -2.35. The number of nitrogens with zero attached hydrogens (tertiary/aromatic N) is 3. The van der Waals surface area contributed by atoms with E-state index in [9.17, 15) is 9.59 Å². The van der Waals surface area contributed by atoms with Crippen LogP contribution in [0.15, 0.2) is 29.6 Å². The van der Waals surface area contributed by atoms with Crippen molar-refractivity contribution in [2.24, 2.45) is 0 Å². The van der Waals surface area contributed by atoms with E-state index in [1.807, 2.05) is 17.5 Å². The lowest BCUT2D eigenvalue weighted by molar-refractivity contribution is -0.117. The highest BCUT2D eigenvalue weighted by Crippen LogP contribution is 2.23. The highest BCUT2D eigenvalue weighted by Gasteiger charge is 2.21. The van der Waals surface area contributed by atoms with Crippen LogP contribution in [0, 0.1) is 0 Å². The number of hydrogen-bond acceptors (Lipinski definition) is 6. The van der Waals surface area contributed by atoms with E-state index in [2.05, 4.69) is 15.2 Å². The van der Waals surface area contributed by atoms with Crippen molar-refractivity contribution >= 4 is 34.0 Å². The molecular weight excluding hydrogens is 364 g/mol. The zero-order valence-electron chi connectivity index (χ0n) is 15.0. The second kappa shape index (κ2) is 8.16. The van der Waals surface area contributed by atoms with Crippen LogP contribution in [-0.4, -0.2) is 54.5 Å². The zero-order valence-corrected chi connectivity index (χ0v) is 15.8. The summed E-state index contributed by atoms with van der Waals surface area (Å²) in [7, 11) is 0. The Bertz CT molecular complexity index is 815. The number of morpholine rings is 1. The molecule has 0 radical (unpaired) electrons. The van der Waals surface area contributed by atoms with Crippen molar-refractivity contribution in [1.29, 1.82) is 0 Å². The van der Waals surface area contributed by atoms with Gasteiger partial charge in [-0.1, -0.05) is 0 Å². The van der Waals surface area contributed by atoms with Gasteiger partial charge in [0.05, 0.1) is 18.9 Å². The number of aromatic nitrogens is 1. The molecule has 1 aromatic heterocycles. The molecule has 2 aliphatic rings. The van der Waals surface area contributed by atoms with Crippen molar-refractivity contribution in [2.75, 3.05) is 43.1 Å². The van der Waals surface area contributed by atoms with E-state index in [4.69, 9.17) is 4.74 Å². The molecule has 2 amide bonds. The Hall–Kier alpha value is -2.29. The van der Waals surface area contributed by atoms with Crippen LogP contribution in [0.5, 0.6) is 0 Å². The molecule has 0 aliphatic carbocycles. The number of rotatable bonds is 5. The van der Waals surface area contributed by atoms with Gasteiger partial charge in [0.15, 0.2) is 5.13 Å². The van der Waals surface area contributed by atoms with E-state index in [-0.39, 0.29) is 11.8 Å². The number of hydrogen-bond donors (Lipinski definition) is 1. The van der Waals surface area contributed by atoms with Gasteiger partial charge in [-0.15, -0.1) is 11.3 Å². The summed E-state index contributed by atoms with van der Waals surface area (Å²) in [5.41, 5.74) is 2.35. The Kier molecular flexibility index (Phi) is 5.47. The molecule has 0 bridgehead atoms. The van der Waals surface area contributed by atoms with E-state index in [1.54, 1.807) is 17.0 Å². The van der Waals surface area contributed by atoms with Crippen LogP contribution in [0.3, 0.4) is 0 Å². The van der Waals surface area contributed by atoms with Gasteiger partial charge in [0.25, 0.3) is 5.91 Å². The Morgan fingerprint density at radius 1 is 1.19 bits per heavy atom. The molecule has 1 aromatic carbocycles. The van der Waals surface area contributed by atoms with E-state index in [0.717, 1.165) is 57.2 Å². The molecular formula is C19H22N4O3S. The van der Waals surface area contributed by atoms with E-state index in [0.29, 0.717) is 17.1 Å². The van der Waals surface area contributed by atoms with Crippen LogP contribution in [0.1, 0.15) is 28.9 Å². The van der Waals surface area contributed by atoms with Crippen LogP contribution in [-0.2, 0) is 16.1 Å². The molecule has 27 heavy (non-hydrogen) atoms. The van der Waals surface area contributed by atoms with Gasteiger partial charge in [0, 0.05) is 49.2 Å². The molecule has 0 saturated carbocycles. The molecule has 0 spiro atoms. The first kappa shape index (κ1) is 18.1. The van der Waals surface area contributed by atoms with Crippen LogP contribution >= 0.6 is 11.3 Å². The standard InChI is InChI=1S/C19H22N4O3S/c24-17-2-1-7-23(17)16-5-3-14(4-6-16)18(25)21-19-20-15(13-27-19)12-22-8-10-26-11-9-22/h3-6,13H,1-2,7-12H2,(H,20,21,25). The maximum Gasteiger partial charge on any atom is 0.257 e. The average molecular weight is 386 g/mol. The Morgan fingerprint density at radius 2 is 1.96 bits per heavy atom. The number of thiazole rings is 1. The molecule has 4 rings (SSSR count). The van der Waals surface area contributed by atoms with Crippen molar-refractivity contribution in [2.45, 2.75) is 19.4 Å². The predicted molar refractivity (Wildman–Crippen MR) is 104 cm³/mol. The van der Waals surface area contributed by atoms with E-state index >= 15 is 0 Å². The third kappa shape index (κ3) is 4.35. The number of anilines is 2. The Labute approximate surface area is 161 Å². The summed E-state index contributed by atoms with van der Waals surface area (Å²) in [6.45, 7) is 4.85. The fourth-order valence-electron chi connectivity index (χ4n) is 3.31. The van der Waals surface area contributed by atoms with Gasteiger partial charge in [-0.25, -0.2) is 4.98 Å². The fraction of sp³-hybridized carbons (Fsp3) is 0.421. The van der Waals surface area contributed by atoms with Crippen LogP contribution in [0.2, 0.25) is 0 Å². The van der Waals surface area contributed by atoms with Gasteiger partial charge in [-0.2, -0.15) is 0 Å². The molecule has 7 nitrogen and oxygen atoms in total. The molecule has 2 saturated heterocycles. The molecule has 8 heteroatoms. The molecule has 2 aliphatic heterocycles. The summed E-state index contributed by atoms with van der Waals surface area (Å²) < 4.78 is 5.35. The number of carbonyl (C=O) groups is 2. The highest BCUT2D eigenvalue weighted by atomic mass is 32.1. The minimum Gasteiger partial charge on any atom is -0.379 e. The molecule has 2 aromatic rings. The lowest BCUT2D eigenvalue weighted by Gasteiger charge is -2.25. The molecule has 0 unspecified atom stereocenters. The molecule has 142 valence electrons. The molecule has 0 atom stereocenters. The van der Waals surface area contributed by atoms with E-state index < -0.39 is 0 Å². The van der Waals surface area contributed by atoms with Crippen molar-refractivity contribution in [1.82, 2.24) is 9.88 Å². The lowest BCUT2D eigenvalue weighted by atomic mass is 10.2. The number of benzene rings is 1. The van der Waals surface area contributed by atoms with E-state index in [1.165, 1.54) is 11.3 Å². The first-order valence-electron chi connectivity index (χ1n) is 9.15. The van der Waals surface area contributed by atoms with Crippen LogP contribution < -0.4 is 10.2 Å². The second-order valence-corrected chi connectivity index (χ2v) is 7.54. The quantitative estimate of drug-likeness (QED) is 0.854. The summed E-state index contributed by atoms with van der Waals surface area (Å²) in [6, 6.07) is 7.14. The van der Waals surface area contributed by atoms with Gasteiger partial charge < -0.3 is 9.64 Å². The Morgan fingerprint density at radius 3 is 2.67 bits per heavy atom. The Balaban J connectivity index is 1.35. The third-order valence-corrected chi connectivity index (χ3v) is 5.58. The first-order valence-corrected chi connectivity index (χ1v) is 10.0. The van der Waals surface area contributed by atoms with Crippen molar-refractivity contribution in [3.05, 3.63) is 40.9 Å². The largest absolute Gasteiger partial charge is 0.379 e. The van der Waals surface area contributed by atoms with Crippen molar-refractivity contribution in [3.8, 4) is 0 Å². The minimum atomic E-state index is -0.193. The molecule has 3 heterocycles. The molecule has 1 N–H and O–H groups in total. The van der Waals surface area contributed by atoms with Crippen molar-refractivity contribution < 1.29 is 14.3 Å². The number of nitrogens with one attached hydrogen (secondary N) is 1.